The summed E-state index contributed by atoms with van der Waals surface area (Å²) in [5.41, 5.74) is 7.41. The summed E-state index contributed by atoms with van der Waals surface area (Å²) in [5.74, 6) is 0.831. The van der Waals surface area contributed by atoms with E-state index in [2.05, 4.69) is 10.2 Å². The van der Waals surface area contributed by atoms with E-state index >= 15 is 0 Å². The van der Waals surface area contributed by atoms with Crippen molar-refractivity contribution in [3.63, 3.8) is 0 Å². The van der Waals surface area contributed by atoms with Gasteiger partial charge in [0.25, 0.3) is 0 Å². The lowest BCUT2D eigenvalue weighted by Gasteiger charge is -2.38. The Bertz CT molecular complexity index is 469. The van der Waals surface area contributed by atoms with E-state index in [1.165, 1.54) is 0 Å². The number of aliphatic hydroxyl groups excluding tert-OH is 1. The molecule has 2 rings (SSSR count). The van der Waals surface area contributed by atoms with E-state index in [1.54, 1.807) is 7.11 Å². The Morgan fingerprint density at radius 2 is 2.05 bits per heavy atom. The predicted molar refractivity (Wildman–Crippen MR) is 86.9 cm³/mol. The third-order valence-electron chi connectivity index (χ3n) is 4.03. The van der Waals surface area contributed by atoms with Gasteiger partial charge in [0.2, 0.25) is 0 Å². The van der Waals surface area contributed by atoms with Crippen LogP contribution in [0.15, 0.2) is 18.2 Å². The minimum atomic E-state index is -0.217. The monoisotopic (exact) mass is 293 g/mol. The first kappa shape index (κ1) is 15.9. The van der Waals surface area contributed by atoms with Gasteiger partial charge in [0.1, 0.15) is 5.75 Å². The van der Waals surface area contributed by atoms with Crippen LogP contribution in [-0.4, -0.2) is 43.5 Å². The Kier molecular flexibility index (Phi) is 4.96. The zero-order valence-corrected chi connectivity index (χ0v) is 13.2. The van der Waals surface area contributed by atoms with Crippen LogP contribution in [0.2, 0.25) is 0 Å². The van der Waals surface area contributed by atoms with E-state index in [0.29, 0.717) is 6.04 Å². The Morgan fingerprint density at radius 1 is 1.38 bits per heavy atom. The van der Waals surface area contributed by atoms with Crippen LogP contribution < -0.4 is 20.7 Å². The van der Waals surface area contributed by atoms with E-state index in [4.69, 9.17) is 10.5 Å². The number of rotatable bonds is 5. The average molecular weight is 293 g/mol. The van der Waals surface area contributed by atoms with E-state index in [1.807, 2.05) is 32.0 Å². The molecular formula is C16H27N3O2. The molecule has 118 valence electrons. The van der Waals surface area contributed by atoms with Gasteiger partial charge in [-0.15, -0.1) is 0 Å². The first-order chi connectivity index (χ1) is 9.95. The van der Waals surface area contributed by atoms with Crippen LogP contribution in [0, 0.1) is 0 Å². The molecule has 0 radical (unpaired) electrons. The maximum Gasteiger partial charge on any atom is 0.144 e. The number of nitrogen functional groups attached to an aromatic ring is 1. The SMILES string of the molecule is COc1cc(N)ccc1N1CCC(NC(C)(C)CO)CC1. The van der Waals surface area contributed by atoms with Crippen LogP contribution >= 0.6 is 0 Å². The molecule has 1 aliphatic rings. The van der Waals surface area contributed by atoms with Crippen molar-refractivity contribution in [2.24, 2.45) is 0 Å². The second kappa shape index (κ2) is 6.54. The first-order valence-electron chi connectivity index (χ1n) is 7.52. The van der Waals surface area contributed by atoms with Crippen LogP contribution in [0.5, 0.6) is 5.75 Å². The maximum absolute atomic E-state index is 9.35. The number of hydrogen-bond donors (Lipinski definition) is 3. The Balaban J connectivity index is 1.98. The van der Waals surface area contributed by atoms with Crippen LogP contribution in [-0.2, 0) is 0 Å². The van der Waals surface area contributed by atoms with Crippen molar-refractivity contribution < 1.29 is 9.84 Å². The number of nitrogens with two attached hydrogens (primary N) is 1. The fraction of sp³-hybridized carbons (Fsp3) is 0.625. The molecule has 5 nitrogen and oxygen atoms in total. The quantitative estimate of drug-likeness (QED) is 0.720. The van der Waals surface area contributed by atoms with Gasteiger partial charge >= 0.3 is 0 Å². The molecule has 0 amide bonds. The molecule has 0 spiro atoms. The van der Waals surface area contributed by atoms with Gasteiger partial charge in [-0.2, -0.15) is 0 Å². The highest BCUT2D eigenvalue weighted by Gasteiger charge is 2.26. The van der Waals surface area contributed by atoms with Gasteiger partial charge in [0, 0.05) is 36.4 Å². The normalized spacial score (nSPS) is 17.0. The van der Waals surface area contributed by atoms with Crippen LogP contribution in [0.4, 0.5) is 11.4 Å². The third-order valence-corrected chi connectivity index (χ3v) is 4.03. The van der Waals surface area contributed by atoms with Gasteiger partial charge in [0.05, 0.1) is 19.4 Å². The van der Waals surface area contributed by atoms with Gasteiger partial charge in [-0.05, 0) is 38.8 Å². The minimum Gasteiger partial charge on any atom is -0.495 e. The molecule has 0 atom stereocenters. The van der Waals surface area contributed by atoms with Crippen molar-refractivity contribution in [1.82, 2.24) is 5.32 Å². The highest BCUT2D eigenvalue weighted by Crippen LogP contribution is 2.32. The fourth-order valence-corrected chi connectivity index (χ4v) is 2.82. The van der Waals surface area contributed by atoms with E-state index in [9.17, 15) is 5.11 Å². The van der Waals surface area contributed by atoms with Crippen molar-refractivity contribution in [2.75, 3.05) is 37.4 Å². The van der Waals surface area contributed by atoms with Gasteiger partial charge in [0.15, 0.2) is 0 Å². The number of piperidine rings is 1. The molecule has 5 heteroatoms. The molecule has 1 aromatic rings. The lowest BCUT2D eigenvalue weighted by Crippen LogP contribution is -2.52. The lowest BCUT2D eigenvalue weighted by molar-refractivity contribution is 0.168. The molecular weight excluding hydrogens is 266 g/mol. The van der Waals surface area contributed by atoms with E-state index in [-0.39, 0.29) is 12.1 Å². The first-order valence-corrected chi connectivity index (χ1v) is 7.52. The summed E-state index contributed by atoms with van der Waals surface area (Å²) >= 11 is 0. The standard InChI is InChI=1S/C16H27N3O2/c1-16(2,11-20)18-13-6-8-19(9-7-13)14-5-4-12(17)10-15(14)21-3/h4-5,10,13,18,20H,6-9,11,17H2,1-3H3. The van der Waals surface area contributed by atoms with Crippen molar-refractivity contribution in [1.29, 1.82) is 0 Å². The molecule has 1 heterocycles. The number of benzene rings is 1. The van der Waals surface area contributed by atoms with Crippen molar-refractivity contribution in [3.8, 4) is 5.75 Å². The minimum absolute atomic E-state index is 0.152. The number of nitrogens with zero attached hydrogens (tertiary/aromatic N) is 1. The zero-order chi connectivity index (χ0) is 15.5. The fourth-order valence-electron chi connectivity index (χ4n) is 2.82. The third kappa shape index (κ3) is 4.02. The smallest absolute Gasteiger partial charge is 0.144 e. The van der Waals surface area contributed by atoms with Gasteiger partial charge < -0.3 is 25.8 Å². The summed E-state index contributed by atoms with van der Waals surface area (Å²) in [7, 11) is 1.68. The second-order valence-electron chi connectivity index (χ2n) is 6.38. The summed E-state index contributed by atoms with van der Waals surface area (Å²) in [6.07, 6.45) is 2.11. The van der Waals surface area contributed by atoms with Gasteiger partial charge in [-0.1, -0.05) is 0 Å². The number of hydrogen-bond acceptors (Lipinski definition) is 5. The molecule has 4 N–H and O–H groups in total. The van der Waals surface area contributed by atoms with Crippen LogP contribution in [0.25, 0.3) is 0 Å². The van der Waals surface area contributed by atoms with Crippen LogP contribution in [0.3, 0.4) is 0 Å². The number of ether oxygens (including phenoxy) is 1. The molecule has 0 unspecified atom stereocenters. The highest BCUT2D eigenvalue weighted by atomic mass is 16.5. The summed E-state index contributed by atoms with van der Waals surface area (Å²) in [4.78, 5) is 2.34. The molecule has 0 saturated carbocycles. The summed E-state index contributed by atoms with van der Waals surface area (Å²) in [5, 5.41) is 12.9. The molecule has 21 heavy (non-hydrogen) atoms. The topological polar surface area (TPSA) is 70.8 Å². The lowest BCUT2D eigenvalue weighted by atomic mass is 9.99. The summed E-state index contributed by atoms with van der Waals surface area (Å²) < 4.78 is 5.43. The summed E-state index contributed by atoms with van der Waals surface area (Å²) in [6.45, 7) is 6.16. The van der Waals surface area contributed by atoms with E-state index in [0.717, 1.165) is 43.1 Å². The Labute approximate surface area is 127 Å². The number of aliphatic hydroxyl groups is 1. The average Bonchev–Trinajstić information content (AvgIpc) is 2.48. The Morgan fingerprint density at radius 3 is 2.62 bits per heavy atom. The second-order valence-corrected chi connectivity index (χ2v) is 6.38. The molecule has 1 aromatic carbocycles. The van der Waals surface area contributed by atoms with Gasteiger partial charge in [-0.25, -0.2) is 0 Å². The molecule has 0 aliphatic carbocycles. The molecule has 1 saturated heterocycles. The van der Waals surface area contributed by atoms with Crippen molar-refractivity contribution in [3.05, 3.63) is 18.2 Å². The van der Waals surface area contributed by atoms with Crippen molar-refractivity contribution >= 4 is 11.4 Å². The Hall–Kier alpha value is -1.46. The molecule has 0 aromatic heterocycles. The van der Waals surface area contributed by atoms with Crippen LogP contribution in [0.1, 0.15) is 26.7 Å². The van der Waals surface area contributed by atoms with Gasteiger partial charge in [-0.3, -0.25) is 0 Å². The summed E-state index contributed by atoms with van der Waals surface area (Å²) in [6, 6.07) is 6.26. The number of methoxy groups -OCH3 is 1. The largest absolute Gasteiger partial charge is 0.495 e. The zero-order valence-electron chi connectivity index (χ0n) is 13.2. The number of anilines is 2. The molecule has 1 aliphatic heterocycles. The molecule has 1 fully saturated rings. The molecule has 0 bridgehead atoms. The van der Waals surface area contributed by atoms with E-state index < -0.39 is 0 Å². The predicted octanol–water partition coefficient (Wildman–Crippen LogP) is 1.61. The maximum atomic E-state index is 9.35. The van der Waals surface area contributed by atoms with Crippen molar-refractivity contribution in [2.45, 2.75) is 38.3 Å². The highest BCUT2D eigenvalue weighted by molar-refractivity contribution is 5.64. The number of nitrogens with one attached hydrogen (secondary N) is 1.